The zero-order valence-corrected chi connectivity index (χ0v) is 16.7. The lowest BCUT2D eigenvalue weighted by atomic mass is 10.0. The molecule has 3 rings (SSSR count). The third kappa shape index (κ3) is 6.40. The molecule has 1 unspecified atom stereocenters. The topological polar surface area (TPSA) is 51.0 Å². The van der Waals surface area contributed by atoms with Crippen LogP contribution in [0.5, 0.6) is 0 Å². The number of benzene rings is 1. The highest BCUT2D eigenvalue weighted by atomic mass is 35.5. The average molecular weight is 378 g/mol. The van der Waals surface area contributed by atoms with E-state index in [1.807, 2.05) is 0 Å². The zero-order valence-electron chi connectivity index (χ0n) is 15.9. The number of aryl methyl sites for hydroxylation is 1. The summed E-state index contributed by atoms with van der Waals surface area (Å²) in [6, 6.07) is 9.14. The third-order valence-corrected chi connectivity index (χ3v) is 5.08. The van der Waals surface area contributed by atoms with E-state index < -0.39 is 0 Å². The molecule has 1 aliphatic heterocycles. The second kappa shape index (κ2) is 11.3. The van der Waals surface area contributed by atoms with Crippen LogP contribution in [0.1, 0.15) is 69.7 Å². The monoisotopic (exact) mass is 377 g/mol. The van der Waals surface area contributed by atoms with Gasteiger partial charge in [0.1, 0.15) is 0 Å². The highest BCUT2D eigenvalue weighted by Crippen LogP contribution is 2.19. The molecule has 1 atom stereocenters. The number of hydrogen-bond donors (Lipinski definition) is 1. The van der Waals surface area contributed by atoms with Crippen molar-refractivity contribution in [3.05, 3.63) is 35.7 Å². The standard InChI is InChI=1S/C21H31N3O.ClH/c1-2-3-4-5-6-7-9-17-11-13-18(14-12-17)21-23-20(25-24-21)16-19-10-8-15-22-19;/h11-14,19,22H,2-10,15-16H2,1H3;1H. The van der Waals surface area contributed by atoms with Crippen molar-refractivity contribution in [2.45, 2.75) is 77.2 Å². The van der Waals surface area contributed by atoms with Crippen LogP contribution in [-0.2, 0) is 12.8 Å². The Labute approximate surface area is 163 Å². The van der Waals surface area contributed by atoms with Gasteiger partial charge >= 0.3 is 0 Å². The van der Waals surface area contributed by atoms with E-state index in [1.54, 1.807) is 0 Å². The van der Waals surface area contributed by atoms with E-state index in [-0.39, 0.29) is 12.4 Å². The Morgan fingerprint density at radius 2 is 1.85 bits per heavy atom. The Bertz CT molecular complexity index is 620. The minimum atomic E-state index is 0. The molecule has 1 fully saturated rings. The van der Waals surface area contributed by atoms with Gasteiger partial charge in [-0.15, -0.1) is 12.4 Å². The Morgan fingerprint density at radius 3 is 2.58 bits per heavy atom. The predicted octanol–water partition coefficient (Wildman–Crippen LogP) is 5.36. The fraction of sp³-hybridized carbons (Fsp3) is 0.619. The van der Waals surface area contributed by atoms with Crippen LogP contribution in [-0.4, -0.2) is 22.7 Å². The van der Waals surface area contributed by atoms with Gasteiger partial charge < -0.3 is 9.84 Å². The summed E-state index contributed by atoms with van der Waals surface area (Å²) < 4.78 is 5.42. The summed E-state index contributed by atoms with van der Waals surface area (Å²) in [5, 5.41) is 7.62. The first kappa shape index (κ1) is 20.9. The van der Waals surface area contributed by atoms with Gasteiger partial charge in [0.2, 0.25) is 11.7 Å². The van der Waals surface area contributed by atoms with Crippen molar-refractivity contribution in [3.63, 3.8) is 0 Å². The normalized spacial score (nSPS) is 16.6. The lowest BCUT2D eigenvalue weighted by molar-refractivity contribution is 0.364. The van der Waals surface area contributed by atoms with Gasteiger partial charge in [0.15, 0.2) is 0 Å². The quantitative estimate of drug-likeness (QED) is 0.566. The van der Waals surface area contributed by atoms with E-state index in [4.69, 9.17) is 4.52 Å². The van der Waals surface area contributed by atoms with Crippen molar-refractivity contribution >= 4 is 12.4 Å². The molecule has 0 radical (unpaired) electrons. The van der Waals surface area contributed by atoms with Crippen LogP contribution in [0.15, 0.2) is 28.8 Å². The van der Waals surface area contributed by atoms with Crippen LogP contribution in [0.4, 0.5) is 0 Å². The molecule has 5 heteroatoms. The number of nitrogens with one attached hydrogen (secondary N) is 1. The number of nitrogens with zero attached hydrogens (tertiary/aromatic N) is 2. The molecule has 2 aromatic rings. The first-order valence-electron chi connectivity index (χ1n) is 10.0. The molecule has 0 saturated carbocycles. The van der Waals surface area contributed by atoms with Crippen molar-refractivity contribution in [2.24, 2.45) is 0 Å². The maximum Gasteiger partial charge on any atom is 0.228 e. The molecule has 1 saturated heterocycles. The van der Waals surface area contributed by atoms with Crippen LogP contribution >= 0.6 is 12.4 Å². The first-order chi connectivity index (χ1) is 12.3. The molecule has 1 N–H and O–H groups in total. The van der Waals surface area contributed by atoms with Gasteiger partial charge in [-0.3, -0.25) is 0 Å². The zero-order chi connectivity index (χ0) is 17.3. The van der Waals surface area contributed by atoms with E-state index in [0.29, 0.717) is 11.9 Å². The summed E-state index contributed by atoms with van der Waals surface area (Å²) in [6.07, 6.45) is 12.5. The second-order valence-electron chi connectivity index (χ2n) is 7.22. The fourth-order valence-electron chi connectivity index (χ4n) is 3.53. The molecule has 0 amide bonds. The number of unbranched alkanes of at least 4 members (excludes halogenated alkanes) is 5. The van der Waals surface area contributed by atoms with Crippen LogP contribution in [0.3, 0.4) is 0 Å². The van der Waals surface area contributed by atoms with Crippen LogP contribution in [0.2, 0.25) is 0 Å². The Kier molecular flexibility index (Phi) is 9.13. The van der Waals surface area contributed by atoms with Gasteiger partial charge in [0.05, 0.1) is 0 Å². The lowest BCUT2D eigenvalue weighted by Crippen LogP contribution is -2.23. The molecular formula is C21H32ClN3O. The van der Waals surface area contributed by atoms with Crippen molar-refractivity contribution < 1.29 is 4.52 Å². The molecule has 1 aromatic heterocycles. The summed E-state index contributed by atoms with van der Waals surface area (Å²) in [4.78, 5) is 4.56. The lowest BCUT2D eigenvalue weighted by Gasteiger charge is -2.04. The van der Waals surface area contributed by atoms with Gasteiger partial charge in [0.25, 0.3) is 0 Å². The Hall–Kier alpha value is -1.39. The molecular weight excluding hydrogens is 346 g/mol. The summed E-state index contributed by atoms with van der Waals surface area (Å²) in [6.45, 7) is 3.37. The van der Waals surface area contributed by atoms with Gasteiger partial charge in [-0.2, -0.15) is 4.98 Å². The van der Waals surface area contributed by atoms with Crippen LogP contribution < -0.4 is 5.32 Å². The second-order valence-corrected chi connectivity index (χ2v) is 7.22. The van der Waals surface area contributed by atoms with Crippen molar-refractivity contribution in [3.8, 4) is 11.4 Å². The molecule has 26 heavy (non-hydrogen) atoms. The predicted molar refractivity (Wildman–Crippen MR) is 109 cm³/mol. The molecule has 0 aliphatic carbocycles. The SMILES string of the molecule is CCCCCCCCc1ccc(-c2noc(CC3CCCN3)n2)cc1.Cl. The van der Waals surface area contributed by atoms with Crippen molar-refractivity contribution in [1.82, 2.24) is 15.5 Å². The van der Waals surface area contributed by atoms with Crippen molar-refractivity contribution in [1.29, 1.82) is 0 Å². The summed E-state index contributed by atoms with van der Waals surface area (Å²) in [5.41, 5.74) is 2.44. The minimum absolute atomic E-state index is 0. The van der Waals surface area contributed by atoms with E-state index >= 15 is 0 Å². The molecule has 4 nitrogen and oxygen atoms in total. The average Bonchev–Trinajstić information content (AvgIpc) is 3.31. The molecule has 0 spiro atoms. The Balaban J connectivity index is 0.00000243. The van der Waals surface area contributed by atoms with Crippen molar-refractivity contribution in [2.75, 3.05) is 6.54 Å². The molecule has 1 aliphatic rings. The van der Waals surface area contributed by atoms with Gasteiger partial charge in [0, 0.05) is 18.0 Å². The van der Waals surface area contributed by atoms with Crippen LogP contribution in [0, 0.1) is 0 Å². The smallest absolute Gasteiger partial charge is 0.228 e. The summed E-state index contributed by atoms with van der Waals surface area (Å²) >= 11 is 0. The maximum absolute atomic E-state index is 5.42. The fourth-order valence-corrected chi connectivity index (χ4v) is 3.53. The highest BCUT2D eigenvalue weighted by molar-refractivity contribution is 5.85. The molecule has 0 bridgehead atoms. The first-order valence-corrected chi connectivity index (χ1v) is 10.0. The number of aromatic nitrogens is 2. The molecule has 144 valence electrons. The van der Waals surface area contributed by atoms with E-state index in [0.717, 1.165) is 30.8 Å². The van der Waals surface area contributed by atoms with Gasteiger partial charge in [-0.1, -0.05) is 68.4 Å². The minimum Gasteiger partial charge on any atom is -0.339 e. The third-order valence-electron chi connectivity index (χ3n) is 5.08. The number of hydrogen-bond acceptors (Lipinski definition) is 4. The van der Waals surface area contributed by atoms with E-state index in [1.165, 1.54) is 56.9 Å². The molecule has 1 aromatic carbocycles. The Morgan fingerprint density at radius 1 is 1.08 bits per heavy atom. The maximum atomic E-state index is 5.42. The largest absolute Gasteiger partial charge is 0.339 e. The van der Waals surface area contributed by atoms with Crippen LogP contribution in [0.25, 0.3) is 11.4 Å². The number of rotatable bonds is 10. The number of halogens is 1. The summed E-state index contributed by atoms with van der Waals surface area (Å²) in [7, 11) is 0. The molecule has 2 heterocycles. The van der Waals surface area contributed by atoms with E-state index in [9.17, 15) is 0 Å². The van der Waals surface area contributed by atoms with E-state index in [2.05, 4.69) is 46.6 Å². The summed E-state index contributed by atoms with van der Waals surface area (Å²) in [5.74, 6) is 1.45. The highest BCUT2D eigenvalue weighted by Gasteiger charge is 2.18. The van der Waals surface area contributed by atoms with Gasteiger partial charge in [-0.05, 0) is 37.8 Å². The van der Waals surface area contributed by atoms with Gasteiger partial charge in [-0.25, -0.2) is 0 Å².